The van der Waals surface area contributed by atoms with Gasteiger partial charge in [0.2, 0.25) is 0 Å². The van der Waals surface area contributed by atoms with Gasteiger partial charge in [-0.3, -0.25) is 0 Å². The molecule has 1 amide bonds. The van der Waals surface area contributed by atoms with Gasteiger partial charge in [-0.2, -0.15) is 12.7 Å². The summed E-state index contributed by atoms with van der Waals surface area (Å²) in [5.74, 6) is 0. The first-order chi connectivity index (χ1) is 7.59. The molecule has 6 nitrogen and oxygen atoms in total. The number of piperazine rings is 1. The van der Waals surface area contributed by atoms with Gasteiger partial charge in [0.15, 0.2) is 0 Å². The van der Waals surface area contributed by atoms with Gasteiger partial charge in [0.1, 0.15) is 5.60 Å². The zero-order valence-electron chi connectivity index (χ0n) is 10.1. The predicted octanol–water partition coefficient (Wildman–Crippen LogP) is 0.753. The molecule has 1 aliphatic heterocycles. The van der Waals surface area contributed by atoms with E-state index in [0.717, 1.165) is 0 Å². The fourth-order valence-electron chi connectivity index (χ4n) is 1.42. The minimum Gasteiger partial charge on any atom is -0.444 e. The second-order valence-corrected chi connectivity index (χ2v) is 6.15. The molecular formula is C9H17FN2O4S. The molecule has 0 atom stereocenters. The van der Waals surface area contributed by atoms with E-state index in [2.05, 4.69) is 0 Å². The second kappa shape index (κ2) is 4.77. The average Bonchev–Trinajstić information content (AvgIpc) is 2.14. The molecule has 0 aliphatic carbocycles. The van der Waals surface area contributed by atoms with E-state index in [-0.39, 0.29) is 26.2 Å². The Balaban J connectivity index is 2.50. The first-order valence-electron chi connectivity index (χ1n) is 5.27. The largest absolute Gasteiger partial charge is 0.444 e. The minimum absolute atomic E-state index is 0.0436. The molecule has 1 saturated heterocycles. The molecule has 0 unspecified atom stereocenters. The van der Waals surface area contributed by atoms with Gasteiger partial charge >= 0.3 is 16.5 Å². The lowest BCUT2D eigenvalue weighted by Gasteiger charge is -2.33. The fraction of sp³-hybridized carbons (Fsp3) is 0.889. The van der Waals surface area contributed by atoms with Crippen LogP contribution in [0, 0.1) is 0 Å². The maximum Gasteiger partial charge on any atom is 0.410 e. The highest BCUT2D eigenvalue weighted by Crippen LogP contribution is 2.13. The van der Waals surface area contributed by atoms with E-state index in [4.69, 9.17) is 4.74 Å². The van der Waals surface area contributed by atoms with Gasteiger partial charge in [-0.15, -0.1) is 0 Å². The molecule has 100 valence electrons. The van der Waals surface area contributed by atoms with E-state index in [1.165, 1.54) is 4.90 Å². The van der Waals surface area contributed by atoms with Gasteiger partial charge < -0.3 is 9.64 Å². The van der Waals surface area contributed by atoms with Crippen LogP contribution in [0.4, 0.5) is 8.68 Å². The van der Waals surface area contributed by atoms with Gasteiger partial charge in [0, 0.05) is 26.2 Å². The first kappa shape index (κ1) is 14.2. The Morgan fingerprint density at radius 2 is 1.65 bits per heavy atom. The van der Waals surface area contributed by atoms with Crippen molar-refractivity contribution in [3.8, 4) is 0 Å². The van der Waals surface area contributed by atoms with Crippen molar-refractivity contribution in [2.24, 2.45) is 0 Å². The number of halogens is 1. The van der Waals surface area contributed by atoms with Gasteiger partial charge in [0.25, 0.3) is 0 Å². The van der Waals surface area contributed by atoms with Gasteiger partial charge in [-0.1, -0.05) is 3.89 Å². The summed E-state index contributed by atoms with van der Waals surface area (Å²) in [4.78, 5) is 13.0. The van der Waals surface area contributed by atoms with Crippen molar-refractivity contribution in [2.45, 2.75) is 26.4 Å². The van der Waals surface area contributed by atoms with Crippen LogP contribution in [-0.4, -0.2) is 55.5 Å². The molecule has 0 bridgehead atoms. The van der Waals surface area contributed by atoms with Crippen molar-refractivity contribution in [2.75, 3.05) is 26.2 Å². The number of carbonyl (C=O) groups excluding carboxylic acids is 1. The van der Waals surface area contributed by atoms with E-state index in [1.807, 2.05) is 0 Å². The number of nitrogens with zero attached hydrogens (tertiary/aromatic N) is 2. The third-order valence-corrected chi connectivity index (χ3v) is 3.18. The lowest BCUT2D eigenvalue weighted by Crippen LogP contribution is -2.50. The summed E-state index contributed by atoms with van der Waals surface area (Å²) >= 11 is 0. The maximum absolute atomic E-state index is 12.6. The number of carbonyl (C=O) groups is 1. The van der Waals surface area contributed by atoms with Crippen LogP contribution in [0.5, 0.6) is 0 Å². The van der Waals surface area contributed by atoms with Crippen molar-refractivity contribution in [1.29, 1.82) is 0 Å². The standard InChI is InChI=1S/C9H17FN2O4S/c1-9(2,3)16-8(13)11-4-6-12(7-5-11)17(10,14)15/h4-7H2,1-3H3. The molecule has 1 heterocycles. The Hall–Kier alpha value is -0.890. The van der Waals surface area contributed by atoms with Gasteiger partial charge in [-0.05, 0) is 20.8 Å². The van der Waals surface area contributed by atoms with E-state index < -0.39 is 22.1 Å². The highest BCUT2D eigenvalue weighted by molar-refractivity contribution is 7.83. The number of rotatable bonds is 1. The van der Waals surface area contributed by atoms with Crippen LogP contribution in [0.3, 0.4) is 0 Å². The van der Waals surface area contributed by atoms with E-state index in [1.54, 1.807) is 20.8 Å². The van der Waals surface area contributed by atoms with Crippen LogP contribution >= 0.6 is 0 Å². The number of hydrogen-bond acceptors (Lipinski definition) is 4. The Morgan fingerprint density at radius 1 is 1.18 bits per heavy atom. The maximum atomic E-state index is 12.6. The van der Waals surface area contributed by atoms with Crippen LogP contribution in [0.25, 0.3) is 0 Å². The van der Waals surface area contributed by atoms with E-state index in [9.17, 15) is 17.1 Å². The van der Waals surface area contributed by atoms with Gasteiger partial charge in [-0.25, -0.2) is 4.79 Å². The third kappa shape index (κ3) is 4.47. The molecule has 0 N–H and O–H groups in total. The molecule has 0 saturated carbocycles. The lowest BCUT2D eigenvalue weighted by molar-refractivity contribution is 0.0190. The molecule has 0 aromatic rings. The van der Waals surface area contributed by atoms with Crippen LogP contribution in [0.1, 0.15) is 20.8 Å². The summed E-state index contributed by atoms with van der Waals surface area (Å²) < 4.78 is 39.7. The van der Waals surface area contributed by atoms with Crippen LogP contribution in [-0.2, 0) is 15.1 Å². The second-order valence-electron chi connectivity index (χ2n) is 4.81. The molecule has 0 radical (unpaired) electrons. The summed E-state index contributed by atoms with van der Waals surface area (Å²) in [7, 11) is -4.66. The van der Waals surface area contributed by atoms with Crippen molar-refractivity contribution < 1.29 is 21.8 Å². The topological polar surface area (TPSA) is 66.9 Å². The molecular weight excluding hydrogens is 251 g/mol. The van der Waals surface area contributed by atoms with Crippen LogP contribution in [0.15, 0.2) is 0 Å². The summed E-state index contributed by atoms with van der Waals surface area (Å²) in [6.45, 7) is 5.42. The molecule has 1 aliphatic rings. The third-order valence-electron chi connectivity index (χ3n) is 2.20. The quantitative estimate of drug-likeness (QED) is 0.658. The Labute approximate surface area is 101 Å². The Kier molecular flexibility index (Phi) is 3.98. The Morgan fingerprint density at radius 3 is 2.00 bits per heavy atom. The van der Waals surface area contributed by atoms with E-state index in [0.29, 0.717) is 4.31 Å². The monoisotopic (exact) mass is 268 g/mol. The zero-order valence-corrected chi connectivity index (χ0v) is 11.0. The summed E-state index contributed by atoms with van der Waals surface area (Å²) in [5, 5.41) is 0. The van der Waals surface area contributed by atoms with Gasteiger partial charge in [0.05, 0.1) is 0 Å². The average molecular weight is 268 g/mol. The summed E-state index contributed by atoms with van der Waals surface area (Å²) in [5.41, 5.74) is -0.597. The highest BCUT2D eigenvalue weighted by Gasteiger charge is 2.30. The molecule has 1 fully saturated rings. The number of hydrogen-bond donors (Lipinski definition) is 0. The van der Waals surface area contributed by atoms with Crippen molar-refractivity contribution in [3.05, 3.63) is 0 Å². The molecule has 1 rings (SSSR count). The van der Waals surface area contributed by atoms with Crippen LogP contribution in [0.2, 0.25) is 0 Å². The first-order valence-corrected chi connectivity index (χ1v) is 6.61. The lowest BCUT2D eigenvalue weighted by atomic mass is 10.2. The molecule has 17 heavy (non-hydrogen) atoms. The van der Waals surface area contributed by atoms with E-state index >= 15 is 0 Å². The fourth-order valence-corrected chi connectivity index (χ4v) is 2.01. The molecule has 0 aromatic heterocycles. The Bertz CT molecular complexity index is 382. The predicted molar refractivity (Wildman–Crippen MR) is 59.4 cm³/mol. The van der Waals surface area contributed by atoms with Crippen molar-refractivity contribution in [1.82, 2.24) is 9.21 Å². The minimum atomic E-state index is -4.66. The summed E-state index contributed by atoms with van der Waals surface area (Å²) in [6, 6.07) is 0. The zero-order chi connectivity index (χ0) is 13.3. The molecule has 8 heteroatoms. The number of ether oxygens (including phenoxy) is 1. The van der Waals surface area contributed by atoms with Crippen molar-refractivity contribution in [3.63, 3.8) is 0 Å². The normalized spacial score (nSPS) is 19.2. The van der Waals surface area contributed by atoms with Crippen molar-refractivity contribution >= 4 is 16.5 Å². The molecule has 0 spiro atoms. The SMILES string of the molecule is CC(C)(C)OC(=O)N1CCN(S(=O)(=O)F)CC1. The highest BCUT2D eigenvalue weighted by atomic mass is 32.3. The number of amides is 1. The molecule has 0 aromatic carbocycles. The smallest absolute Gasteiger partial charge is 0.410 e. The van der Waals surface area contributed by atoms with Crippen LogP contribution < -0.4 is 0 Å². The summed E-state index contributed by atoms with van der Waals surface area (Å²) in [6.07, 6.45) is -0.506.